The monoisotopic (exact) mass is 219 g/mol. The number of benzene rings is 1. The molecule has 0 saturated heterocycles. The average Bonchev–Trinajstić information content (AvgIpc) is 2.62. The number of anilines is 1. The lowest BCUT2D eigenvalue weighted by Gasteiger charge is -2.08. The third-order valence-corrected chi connectivity index (χ3v) is 3.06. The second kappa shape index (κ2) is 4.56. The molecule has 0 aromatic heterocycles. The van der Waals surface area contributed by atoms with Gasteiger partial charge in [0.05, 0.1) is 18.7 Å². The van der Waals surface area contributed by atoms with Crippen molar-refractivity contribution in [2.45, 2.75) is 32.1 Å². The highest BCUT2D eigenvalue weighted by Gasteiger charge is 2.31. The van der Waals surface area contributed by atoms with Crippen LogP contribution < -0.4 is 10.1 Å². The van der Waals surface area contributed by atoms with Crippen LogP contribution in [0.5, 0.6) is 5.75 Å². The van der Waals surface area contributed by atoms with Crippen LogP contribution in [0.25, 0.3) is 0 Å². The fourth-order valence-electron chi connectivity index (χ4n) is 2.19. The molecule has 1 aromatic carbocycles. The molecule has 16 heavy (non-hydrogen) atoms. The van der Waals surface area contributed by atoms with Gasteiger partial charge in [-0.05, 0) is 18.1 Å². The summed E-state index contributed by atoms with van der Waals surface area (Å²) in [4.78, 5) is 11.8. The van der Waals surface area contributed by atoms with Gasteiger partial charge < -0.3 is 10.1 Å². The van der Waals surface area contributed by atoms with Crippen LogP contribution in [-0.4, -0.2) is 13.0 Å². The normalized spacial score (nSPS) is 18.1. The second-order valence-corrected chi connectivity index (χ2v) is 4.11. The van der Waals surface area contributed by atoms with Crippen molar-refractivity contribution in [1.82, 2.24) is 0 Å². The van der Waals surface area contributed by atoms with E-state index in [0.29, 0.717) is 0 Å². The molecule has 0 fully saturated rings. The number of ether oxygens (including phenoxy) is 1. The van der Waals surface area contributed by atoms with Crippen molar-refractivity contribution in [2.24, 2.45) is 0 Å². The number of amides is 1. The summed E-state index contributed by atoms with van der Waals surface area (Å²) in [5.74, 6) is 0.864. The Kier molecular flexibility index (Phi) is 3.13. The molecule has 0 spiro atoms. The summed E-state index contributed by atoms with van der Waals surface area (Å²) in [5.41, 5.74) is 1.94. The van der Waals surface area contributed by atoms with Gasteiger partial charge in [0.2, 0.25) is 5.91 Å². The maximum absolute atomic E-state index is 11.8. The van der Waals surface area contributed by atoms with E-state index in [4.69, 9.17) is 4.74 Å². The molecule has 1 aliphatic heterocycles. The lowest BCUT2D eigenvalue weighted by atomic mass is 9.95. The van der Waals surface area contributed by atoms with Crippen molar-refractivity contribution in [1.29, 1.82) is 0 Å². The quantitative estimate of drug-likeness (QED) is 0.845. The Balaban J connectivity index is 2.30. The van der Waals surface area contributed by atoms with E-state index in [1.54, 1.807) is 7.11 Å². The van der Waals surface area contributed by atoms with Crippen LogP contribution in [0.15, 0.2) is 18.2 Å². The molecule has 3 heteroatoms. The molecular formula is C13H17NO2. The Bertz CT molecular complexity index is 401. The van der Waals surface area contributed by atoms with Gasteiger partial charge >= 0.3 is 0 Å². The minimum absolute atomic E-state index is 0.00468. The van der Waals surface area contributed by atoms with Gasteiger partial charge in [0.1, 0.15) is 5.75 Å². The molecule has 2 rings (SSSR count). The van der Waals surface area contributed by atoms with Crippen molar-refractivity contribution in [3.05, 3.63) is 23.8 Å². The minimum Gasteiger partial charge on any atom is -0.495 e. The number of fused-ring (bicyclic) bond motifs is 1. The van der Waals surface area contributed by atoms with Crippen LogP contribution >= 0.6 is 0 Å². The summed E-state index contributed by atoms with van der Waals surface area (Å²) in [5, 5.41) is 2.91. The Labute approximate surface area is 95.8 Å². The van der Waals surface area contributed by atoms with Crippen LogP contribution in [-0.2, 0) is 4.79 Å². The zero-order chi connectivity index (χ0) is 11.5. The first-order valence-electron chi connectivity index (χ1n) is 5.75. The van der Waals surface area contributed by atoms with Crippen LogP contribution in [0, 0.1) is 0 Å². The largest absolute Gasteiger partial charge is 0.495 e. The van der Waals surface area contributed by atoms with Crippen LogP contribution in [0.2, 0.25) is 0 Å². The van der Waals surface area contributed by atoms with E-state index in [1.165, 1.54) is 0 Å². The smallest absolute Gasteiger partial charge is 0.232 e. The van der Waals surface area contributed by atoms with Gasteiger partial charge in [0, 0.05) is 0 Å². The van der Waals surface area contributed by atoms with Crippen LogP contribution in [0.4, 0.5) is 5.69 Å². The average molecular weight is 219 g/mol. The molecule has 1 aliphatic rings. The van der Waals surface area contributed by atoms with E-state index in [1.807, 2.05) is 18.2 Å². The summed E-state index contributed by atoms with van der Waals surface area (Å²) in [6.45, 7) is 2.14. The van der Waals surface area contributed by atoms with E-state index in [2.05, 4.69) is 12.2 Å². The molecule has 0 aliphatic carbocycles. The summed E-state index contributed by atoms with van der Waals surface area (Å²) in [7, 11) is 1.63. The first-order chi connectivity index (χ1) is 7.77. The highest BCUT2D eigenvalue weighted by Crippen LogP contribution is 2.41. The summed E-state index contributed by atoms with van der Waals surface area (Å²) in [6.07, 6.45) is 3.11. The zero-order valence-corrected chi connectivity index (χ0v) is 9.75. The first-order valence-corrected chi connectivity index (χ1v) is 5.75. The zero-order valence-electron chi connectivity index (χ0n) is 9.75. The van der Waals surface area contributed by atoms with Crippen molar-refractivity contribution < 1.29 is 9.53 Å². The lowest BCUT2D eigenvalue weighted by Crippen LogP contribution is -2.11. The molecule has 1 atom stereocenters. The lowest BCUT2D eigenvalue weighted by molar-refractivity contribution is -0.117. The third-order valence-electron chi connectivity index (χ3n) is 3.06. The maximum atomic E-state index is 11.8. The predicted octanol–water partition coefficient (Wildman–Crippen LogP) is 2.92. The Hall–Kier alpha value is -1.51. The molecule has 1 heterocycles. The van der Waals surface area contributed by atoms with Gasteiger partial charge in [0.15, 0.2) is 0 Å². The standard InChI is InChI=1S/C13H17NO2/c1-3-4-6-10-9-7-5-8-11(16-2)12(9)14-13(10)15/h5,7-8,10H,3-4,6H2,1-2H3,(H,14,15). The maximum Gasteiger partial charge on any atom is 0.232 e. The molecule has 86 valence electrons. The van der Waals surface area contributed by atoms with Crippen molar-refractivity contribution in [3.63, 3.8) is 0 Å². The number of hydrogen-bond acceptors (Lipinski definition) is 2. The van der Waals surface area contributed by atoms with Gasteiger partial charge in [-0.1, -0.05) is 31.9 Å². The number of unbranched alkanes of at least 4 members (excludes halogenated alkanes) is 1. The number of nitrogens with one attached hydrogen (secondary N) is 1. The Morgan fingerprint density at radius 1 is 1.44 bits per heavy atom. The van der Waals surface area contributed by atoms with Crippen molar-refractivity contribution in [2.75, 3.05) is 12.4 Å². The highest BCUT2D eigenvalue weighted by atomic mass is 16.5. The number of para-hydroxylation sites is 1. The van der Waals surface area contributed by atoms with E-state index >= 15 is 0 Å². The van der Waals surface area contributed by atoms with Crippen molar-refractivity contribution >= 4 is 11.6 Å². The summed E-state index contributed by atoms with van der Waals surface area (Å²) >= 11 is 0. The topological polar surface area (TPSA) is 38.3 Å². The Morgan fingerprint density at radius 2 is 2.25 bits per heavy atom. The molecule has 1 aromatic rings. The number of carbonyl (C=O) groups excluding carboxylic acids is 1. The predicted molar refractivity (Wildman–Crippen MR) is 63.9 cm³/mol. The van der Waals surface area contributed by atoms with Gasteiger partial charge in [-0.25, -0.2) is 0 Å². The molecule has 3 nitrogen and oxygen atoms in total. The third kappa shape index (κ3) is 1.77. The molecular weight excluding hydrogens is 202 g/mol. The van der Waals surface area contributed by atoms with E-state index in [0.717, 1.165) is 36.3 Å². The summed E-state index contributed by atoms with van der Waals surface area (Å²) < 4.78 is 5.24. The minimum atomic E-state index is 0.00468. The number of rotatable bonds is 4. The molecule has 1 unspecified atom stereocenters. The van der Waals surface area contributed by atoms with E-state index in [-0.39, 0.29) is 11.8 Å². The first kappa shape index (κ1) is 11.0. The number of methoxy groups -OCH3 is 1. The fourth-order valence-corrected chi connectivity index (χ4v) is 2.19. The molecule has 0 saturated carbocycles. The van der Waals surface area contributed by atoms with Gasteiger partial charge in [-0.3, -0.25) is 4.79 Å². The van der Waals surface area contributed by atoms with Gasteiger partial charge in [0.25, 0.3) is 0 Å². The number of carbonyl (C=O) groups is 1. The molecule has 0 radical (unpaired) electrons. The van der Waals surface area contributed by atoms with E-state index < -0.39 is 0 Å². The summed E-state index contributed by atoms with van der Waals surface area (Å²) in [6, 6.07) is 5.83. The fraction of sp³-hybridized carbons (Fsp3) is 0.462. The van der Waals surface area contributed by atoms with E-state index in [9.17, 15) is 4.79 Å². The van der Waals surface area contributed by atoms with Crippen LogP contribution in [0.3, 0.4) is 0 Å². The number of hydrogen-bond donors (Lipinski definition) is 1. The molecule has 0 bridgehead atoms. The molecule has 1 amide bonds. The molecule has 1 N–H and O–H groups in total. The van der Waals surface area contributed by atoms with Crippen molar-refractivity contribution in [3.8, 4) is 5.75 Å². The van der Waals surface area contributed by atoms with Gasteiger partial charge in [-0.2, -0.15) is 0 Å². The SMILES string of the molecule is CCCCC1C(=O)Nc2c(OC)cccc21. The highest BCUT2D eigenvalue weighted by molar-refractivity contribution is 6.04. The van der Waals surface area contributed by atoms with Crippen LogP contribution in [0.1, 0.15) is 37.7 Å². The second-order valence-electron chi connectivity index (χ2n) is 4.11. The van der Waals surface area contributed by atoms with Gasteiger partial charge in [-0.15, -0.1) is 0 Å². The Morgan fingerprint density at radius 3 is 2.94 bits per heavy atom.